The Morgan fingerprint density at radius 3 is 2.61 bits per heavy atom. The van der Waals surface area contributed by atoms with Crippen molar-refractivity contribution in [2.75, 3.05) is 18.4 Å². The lowest BCUT2D eigenvalue weighted by molar-refractivity contribution is -0.139. The van der Waals surface area contributed by atoms with E-state index in [-0.39, 0.29) is 16.5 Å². The van der Waals surface area contributed by atoms with Gasteiger partial charge in [0.25, 0.3) is 5.91 Å². The van der Waals surface area contributed by atoms with Crippen molar-refractivity contribution in [2.24, 2.45) is 4.99 Å². The third-order valence-electron chi connectivity index (χ3n) is 5.14. The number of aliphatic imine (C=N–C) groups is 1. The second kappa shape index (κ2) is 8.14. The Morgan fingerprint density at radius 2 is 1.90 bits per heavy atom. The lowest BCUT2D eigenvalue weighted by Crippen LogP contribution is -2.23. The van der Waals surface area contributed by atoms with Gasteiger partial charge in [0, 0.05) is 6.54 Å². The van der Waals surface area contributed by atoms with Gasteiger partial charge in [0.05, 0.1) is 28.6 Å². The standard InChI is InChI=1S/C21H18F5N3OS/c22-20(23)15-10-13(5-8-16(15)29-18(20)30)17-11-28-19(31-17)27-9-1-2-12-3-6-14(7-4-12)21(24,25)26/h3-8,10,17H,1-2,9,11H2,(H,27,28)(H,29,30). The number of carbonyl (C=O) groups is 1. The molecule has 2 aromatic carbocycles. The van der Waals surface area contributed by atoms with Crippen LogP contribution >= 0.6 is 11.8 Å². The molecule has 1 atom stereocenters. The van der Waals surface area contributed by atoms with Crippen molar-refractivity contribution in [3.63, 3.8) is 0 Å². The minimum atomic E-state index is -4.34. The fraction of sp³-hybridized carbons (Fsp3) is 0.333. The number of aryl methyl sites for hydroxylation is 1. The third kappa shape index (κ3) is 4.53. The summed E-state index contributed by atoms with van der Waals surface area (Å²) in [6, 6.07) is 9.66. The molecule has 2 N–H and O–H groups in total. The number of rotatable bonds is 5. The monoisotopic (exact) mass is 455 g/mol. The molecule has 2 aliphatic heterocycles. The number of hydrogen-bond acceptors (Lipinski definition) is 4. The molecule has 0 aliphatic carbocycles. The maximum atomic E-state index is 14.0. The van der Waals surface area contributed by atoms with Gasteiger partial charge in [-0.3, -0.25) is 9.79 Å². The molecule has 0 saturated carbocycles. The molecule has 0 fully saturated rings. The van der Waals surface area contributed by atoms with Crippen LogP contribution in [0.4, 0.5) is 27.6 Å². The summed E-state index contributed by atoms with van der Waals surface area (Å²) < 4.78 is 65.7. The molecule has 2 aliphatic rings. The Kier molecular flexibility index (Phi) is 5.67. The van der Waals surface area contributed by atoms with E-state index in [1.54, 1.807) is 6.07 Å². The Bertz CT molecular complexity index is 1020. The van der Waals surface area contributed by atoms with E-state index in [4.69, 9.17) is 0 Å². The van der Waals surface area contributed by atoms with Crippen LogP contribution in [0.15, 0.2) is 47.5 Å². The highest BCUT2D eigenvalue weighted by Crippen LogP contribution is 2.43. The van der Waals surface area contributed by atoms with Crippen molar-refractivity contribution in [1.82, 2.24) is 5.32 Å². The molecular weight excluding hydrogens is 437 g/mol. The molecular formula is C21H18F5N3OS. The maximum absolute atomic E-state index is 14.0. The van der Waals surface area contributed by atoms with E-state index in [1.165, 1.54) is 36.0 Å². The molecule has 2 aromatic rings. The Morgan fingerprint density at radius 1 is 1.16 bits per heavy atom. The maximum Gasteiger partial charge on any atom is 0.416 e. The number of fused-ring (bicyclic) bond motifs is 1. The smallest absolute Gasteiger partial charge is 0.365 e. The summed E-state index contributed by atoms with van der Waals surface area (Å²) in [5.74, 6) is -4.85. The summed E-state index contributed by atoms with van der Waals surface area (Å²) in [5, 5.41) is 5.92. The van der Waals surface area contributed by atoms with Crippen molar-refractivity contribution in [2.45, 2.75) is 30.2 Å². The molecule has 1 amide bonds. The summed E-state index contributed by atoms with van der Waals surface area (Å²) >= 11 is 1.42. The fourth-order valence-corrected chi connectivity index (χ4v) is 4.48. The Hall–Kier alpha value is -2.62. The number of nitrogens with zero attached hydrogens (tertiary/aromatic N) is 1. The average Bonchev–Trinajstić information content (AvgIpc) is 3.28. The van der Waals surface area contributed by atoms with E-state index in [0.29, 0.717) is 36.7 Å². The summed E-state index contributed by atoms with van der Waals surface area (Å²) in [6.45, 7) is 1.01. The first-order valence-corrected chi connectivity index (χ1v) is 10.5. The number of hydrogen-bond donors (Lipinski definition) is 2. The lowest BCUT2D eigenvalue weighted by atomic mass is 10.0. The molecule has 0 saturated heterocycles. The molecule has 1 unspecified atom stereocenters. The molecule has 0 radical (unpaired) electrons. The Balaban J connectivity index is 1.26. The highest BCUT2D eigenvalue weighted by Gasteiger charge is 2.48. The number of nitrogens with one attached hydrogen (secondary N) is 2. The van der Waals surface area contributed by atoms with Gasteiger partial charge in [-0.15, -0.1) is 0 Å². The first-order valence-electron chi connectivity index (χ1n) is 9.59. The number of halogens is 5. The normalized spacial score (nSPS) is 19.7. The van der Waals surface area contributed by atoms with Gasteiger partial charge < -0.3 is 10.6 Å². The van der Waals surface area contributed by atoms with Gasteiger partial charge in [-0.25, -0.2) is 0 Å². The highest BCUT2D eigenvalue weighted by molar-refractivity contribution is 8.14. The zero-order chi connectivity index (χ0) is 22.2. The van der Waals surface area contributed by atoms with E-state index < -0.39 is 23.6 Å². The van der Waals surface area contributed by atoms with Crippen molar-refractivity contribution < 1.29 is 26.7 Å². The molecule has 0 bridgehead atoms. The van der Waals surface area contributed by atoms with Crippen molar-refractivity contribution in [3.05, 3.63) is 64.7 Å². The van der Waals surface area contributed by atoms with Crippen LogP contribution in [0.5, 0.6) is 0 Å². The van der Waals surface area contributed by atoms with Crippen LogP contribution in [0.3, 0.4) is 0 Å². The van der Waals surface area contributed by atoms with Crippen LogP contribution in [0.1, 0.15) is 33.9 Å². The number of carbonyl (C=O) groups excluding carboxylic acids is 1. The van der Waals surface area contributed by atoms with Crippen molar-refractivity contribution >= 4 is 28.5 Å². The molecule has 0 aromatic heterocycles. The zero-order valence-electron chi connectivity index (χ0n) is 16.1. The quantitative estimate of drug-likeness (QED) is 0.486. The second-order valence-electron chi connectivity index (χ2n) is 7.31. The third-order valence-corrected chi connectivity index (χ3v) is 6.34. The predicted molar refractivity (Wildman–Crippen MR) is 109 cm³/mol. The van der Waals surface area contributed by atoms with Crippen LogP contribution in [-0.4, -0.2) is 24.2 Å². The van der Waals surface area contributed by atoms with Gasteiger partial charge in [-0.2, -0.15) is 22.0 Å². The van der Waals surface area contributed by atoms with Gasteiger partial charge in [-0.1, -0.05) is 30.0 Å². The summed E-state index contributed by atoms with van der Waals surface area (Å²) in [5.41, 5.74) is 0.639. The number of anilines is 1. The first kappa shape index (κ1) is 21.6. The molecule has 10 heteroatoms. The van der Waals surface area contributed by atoms with Gasteiger partial charge in [0.1, 0.15) is 0 Å². The van der Waals surface area contributed by atoms with Gasteiger partial charge in [-0.05, 0) is 48.2 Å². The SMILES string of the molecule is O=C1Nc2ccc(C3CN=C(NCCCc4ccc(C(F)(F)F)cc4)S3)cc2C1(F)F. The molecule has 31 heavy (non-hydrogen) atoms. The molecule has 2 heterocycles. The number of benzene rings is 2. The summed E-state index contributed by atoms with van der Waals surface area (Å²) in [6.07, 6.45) is -3.02. The summed E-state index contributed by atoms with van der Waals surface area (Å²) in [7, 11) is 0. The van der Waals surface area contributed by atoms with Crippen LogP contribution in [-0.2, 0) is 23.3 Å². The largest absolute Gasteiger partial charge is 0.416 e. The molecule has 0 spiro atoms. The molecule has 4 nitrogen and oxygen atoms in total. The molecule has 4 rings (SSSR count). The van der Waals surface area contributed by atoms with E-state index in [0.717, 1.165) is 17.7 Å². The van der Waals surface area contributed by atoms with E-state index >= 15 is 0 Å². The average molecular weight is 455 g/mol. The van der Waals surface area contributed by atoms with Crippen molar-refractivity contribution in [1.29, 1.82) is 0 Å². The fourth-order valence-electron chi connectivity index (χ4n) is 3.45. The van der Waals surface area contributed by atoms with E-state index in [9.17, 15) is 26.7 Å². The van der Waals surface area contributed by atoms with Gasteiger partial charge in [0.15, 0.2) is 5.17 Å². The Labute approximate surface area is 179 Å². The summed E-state index contributed by atoms with van der Waals surface area (Å²) in [4.78, 5) is 15.8. The number of amidine groups is 1. The van der Waals surface area contributed by atoms with Crippen LogP contribution in [0.2, 0.25) is 0 Å². The van der Waals surface area contributed by atoms with Crippen LogP contribution < -0.4 is 10.6 Å². The predicted octanol–water partition coefficient (Wildman–Crippen LogP) is 5.12. The van der Waals surface area contributed by atoms with Gasteiger partial charge in [0.2, 0.25) is 0 Å². The van der Waals surface area contributed by atoms with Crippen LogP contribution in [0, 0.1) is 0 Å². The first-order chi connectivity index (χ1) is 14.6. The van der Waals surface area contributed by atoms with Crippen LogP contribution in [0.25, 0.3) is 0 Å². The van der Waals surface area contributed by atoms with Gasteiger partial charge >= 0.3 is 12.1 Å². The minimum Gasteiger partial charge on any atom is -0.365 e. The second-order valence-corrected chi connectivity index (χ2v) is 8.50. The zero-order valence-corrected chi connectivity index (χ0v) is 16.9. The van der Waals surface area contributed by atoms with E-state index in [1.807, 2.05) is 0 Å². The topological polar surface area (TPSA) is 53.5 Å². The molecule has 164 valence electrons. The van der Waals surface area contributed by atoms with E-state index in [2.05, 4.69) is 15.6 Å². The highest BCUT2D eigenvalue weighted by atomic mass is 32.2. The van der Waals surface area contributed by atoms with Crippen molar-refractivity contribution in [3.8, 4) is 0 Å². The number of thioether (sulfide) groups is 1. The number of alkyl halides is 5. The number of amides is 1. The lowest BCUT2D eigenvalue weighted by Gasteiger charge is -2.13. The minimum absolute atomic E-state index is 0.129.